The fourth-order valence-electron chi connectivity index (χ4n) is 2.05. The van der Waals surface area contributed by atoms with Crippen molar-refractivity contribution in [3.05, 3.63) is 64.1 Å². The standard InChI is InChI=1S/C16H19N3O2/c1-11-3-5-13(6-4-11)12(2)18-15(20)10-19-9-14(17)7-8-16(19)21/h3-9,12H,10,17H2,1-2H3,(H,18,20). The van der Waals surface area contributed by atoms with Crippen molar-refractivity contribution in [3.63, 3.8) is 0 Å². The van der Waals surface area contributed by atoms with Gasteiger partial charge in [-0.25, -0.2) is 0 Å². The first kappa shape index (κ1) is 14.8. The van der Waals surface area contributed by atoms with Gasteiger partial charge in [-0.3, -0.25) is 9.59 Å². The van der Waals surface area contributed by atoms with Crippen LogP contribution in [0.1, 0.15) is 24.1 Å². The molecule has 1 aromatic carbocycles. The van der Waals surface area contributed by atoms with Crippen molar-refractivity contribution in [2.24, 2.45) is 0 Å². The third kappa shape index (κ3) is 3.95. The zero-order valence-corrected chi connectivity index (χ0v) is 12.2. The van der Waals surface area contributed by atoms with Crippen molar-refractivity contribution in [2.45, 2.75) is 26.4 Å². The number of carbonyl (C=O) groups excluding carboxylic acids is 1. The van der Waals surface area contributed by atoms with Crippen LogP contribution in [0.4, 0.5) is 5.69 Å². The first-order chi connectivity index (χ1) is 9.95. The van der Waals surface area contributed by atoms with Crippen LogP contribution in [0, 0.1) is 6.92 Å². The molecule has 1 unspecified atom stereocenters. The highest BCUT2D eigenvalue weighted by atomic mass is 16.2. The van der Waals surface area contributed by atoms with Gasteiger partial charge in [0.25, 0.3) is 5.56 Å². The lowest BCUT2D eigenvalue weighted by Crippen LogP contribution is -2.33. The molecule has 5 heteroatoms. The highest BCUT2D eigenvalue weighted by Gasteiger charge is 2.10. The molecule has 0 bridgehead atoms. The summed E-state index contributed by atoms with van der Waals surface area (Å²) in [6.45, 7) is 3.88. The maximum Gasteiger partial charge on any atom is 0.251 e. The van der Waals surface area contributed by atoms with Crippen molar-refractivity contribution < 1.29 is 4.79 Å². The number of pyridine rings is 1. The van der Waals surface area contributed by atoms with Crippen molar-refractivity contribution in [2.75, 3.05) is 5.73 Å². The van der Waals surface area contributed by atoms with E-state index in [2.05, 4.69) is 5.32 Å². The fourth-order valence-corrected chi connectivity index (χ4v) is 2.05. The lowest BCUT2D eigenvalue weighted by molar-refractivity contribution is -0.122. The number of benzene rings is 1. The van der Waals surface area contributed by atoms with Crippen LogP contribution in [-0.4, -0.2) is 10.5 Å². The molecular weight excluding hydrogens is 266 g/mol. The van der Waals surface area contributed by atoms with E-state index in [1.165, 1.54) is 28.5 Å². The Bertz CT molecular complexity index is 689. The van der Waals surface area contributed by atoms with Gasteiger partial charge in [-0.2, -0.15) is 0 Å². The van der Waals surface area contributed by atoms with Gasteiger partial charge in [-0.1, -0.05) is 29.8 Å². The molecule has 1 atom stereocenters. The van der Waals surface area contributed by atoms with E-state index in [1.54, 1.807) is 0 Å². The Labute approximate surface area is 123 Å². The van der Waals surface area contributed by atoms with Crippen LogP contribution in [0.3, 0.4) is 0 Å². The number of nitrogen functional groups attached to an aromatic ring is 1. The molecule has 3 N–H and O–H groups in total. The molecule has 0 saturated heterocycles. The molecular formula is C16H19N3O2. The van der Waals surface area contributed by atoms with Crippen LogP contribution in [0.25, 0.3) is 0 Å². The Hall–Kier alpha value is -2.56. The Balaban J connectivity index is 2.03. The molecule has 0 saturated carbocycles. The van der Waals surface area contributed by atoms with Crippen molar-refractivity contribution in [1.82, 2.24) is 9.88 Å². The summed E-state index contributed by atoms with van der Waals surface area (Å²) in [5.41, 5.74) is 8.02. The molecule has 5 nitrogen and oxygen atoms in total. The molecule has 1 heterocycles. The lowest BCUT2D eigenvalue weighted by atomic mass is 10.1. The van der Waals surface area contributed by atoms with E-state index in [-0.39, 0.29) is 24.1 Å². The minimum atomic E-state index is -0.248. The summed E-state index contributed by atoms with van der Waals surface area (Å²) in [5.74, 6) is -0.226. The lowest BCUT2D eigenvalue weighted by Gasteiger charge is -2.15. The number of nitrogens with zero attached hydrogens (tertiary/aromatic N) is 1. The molecule has 0 spiro atoms. The molecule has 0 aliphatic rings. The SMILES string of the molecule is Cc1ccc(C(C)NC(=O)Cn2cc(N)ccc2=O)cc1. The fraction of sp³-hybridized carbons (Fsp3) is 0.250. The van der Waals surface area contributed by atoms with E-state index >= 15 is 0 Å². The molecule has 1 amide bonds. The molecule has 0 aliphatic heterocycles. The van der Waals surface area contributed by atoms with E-state index in [9.17, 15) is 9.59 Å². The summed E-state index contributed by atoms with van der Waals surface area (Å²) in [6.07, 6.45) is 1.47. The topological polar surface area (TPSA) is 77.1 Å². The van der Waals surface area contributed by atoms with Gasteiger partial charge >= 0.3 is 0 Å². The van der Waals surface area contributed by atoms with E-state index < -0.39 is 0 Å². The third-order valence-electron chi connectivity index (χ3n) is 3.28. The minimum Gasteiger partial charge on any atom is -0.398 e. The van der Waals surface area contributed by atoms with E-state index in [1.807, 2.05) is 38.1 Å². The second-order valence-corrected chi connectivity index (χ2v) is 5.13. The van der Waals surface area contributed by atoms with Gasteiger partial charge in [0.15, 0.2) is 0 Å². The van der Waals surface area contributed by atoms with Crippen LogP contribution in [0.2, 0.25) is 0 Å². The number of aryl methyl sites for hydroxylation is 1. The van der Waals surface area contributed by atoms with Gasteiger partial charge in [0.05, 0.1) is 6.04 Å². The monoisotopic (exact) mass is 285 g/mol. The van der Waals surface area contributed by atoms with E-state index in [0.717, 1.165) is 5.56 Å². The summed E-state index contributed by atoms with van der Waals surface area (Å²) in [6, 6.07) is 10.7. The number of hydrogen-bond donors (Lipinski definition) is 2. The largest absolute Gasteiger partial charge is 0.398 e. The quantitative estimate of drug-likeness (QED) is 0.896. The van der Waals surface area contributed by atoms with Gasteiger partial charge < -0.3 is 15.6 Å². The molecule has 0 radical (unpaired) electrons. The van der Waals surface area contributed by atoms with Gasteiger partial charge in [-0.05, 0) is 25.5 Å². The molecule has 0 fully saturated rings. The number of nitrogens with two attached hydrogens (primary N) is 1. The van der Waals surface area contributed by atoms with Crippen molar-refractivity contribution >= 4 is 11.6 Å². The second kappa shape index (κ2) is 6.26. The van der Waals surface area contributed by atoms with Gasteiger partial charge in [0.1, 0.15) is 6.54 Å². The Kier molecular flexibility index (Phi) is 4.42. The number of anilines is 1. The number of nitrogens with one attached hydrogen (secondary N) is 1. The zero-order valence-electron chi connectivity index (χ0n) is 12.2. The molecule has 2 rings (SSSR count). The minimum absolute atomic E-state index is 0.0416. The van der Waals surface area contributed by atoms with Crippen LogP contribution in [-0.2, 0) is 11.3 Å². The Morgan fingerprint density at radius 1 is 1.24 bits per heavy atom. The predicted octanol–water partition coefficient (Wildman–Crippen LogP) is 1.62. The first-order valence-electron chi connectivity index (χ1n) is 6.77. The maximum atomic E-state index is 12.0. The molecule has 110 valence electrons. The van der Waals surface area contributed by atoms with Crippen LogP contribution in [0.5, 0.6) is 0 Å². The average molecular weight is 285 g/mol. The predicted molar refractivity (Wildman–Crippen MR) is 82.9 cm³/mol. The normalized spacial score (nSPS) is 11.9. The summed E-state index contributed by atoms with van der Waals surface area (Å²) in [4.78, 5) is 23.6. The number of rotatable bonds is 4. The number of carbonyl (C=O) groups is 1. The first-order valence-corrected chi connectivity index (χ1v) is 6.77. The number of aromatic nitrogens is 1. The molecule has 2 aromatic rings. The molecule has 1 aromatic heterocycles. The van der Waals surface area contributed by atoms with Crippen LogP contribution < -0.4 is 16.6 Å². The number of hydrogen-bond acceptors (Lipinski definition) is 3. The van der Waals surface area contributed by atoms with Gasteiger partial charge in [-0.15, -0.1) is 0 Å². The van der Waals surface area contributed by atoms with E-state index in [4.69, 9.17) is 5.73 Å². The summed E-state index contributed by atoms with van der Waals surface area (Å²) < 4.78 is 1.30. The smallest absolute Gasteiger partial charge is 0.251 e. The van der Waals surface area contributed by atoms with E-state index in [0.29, 0.717) is 5.69 Å². The third-order valence-corrected chi connectivity index (χ3v) is 3.28. The van der Waals surface area contributed by atoms with Gasteiger partial charge in [0.2, 0.25) is 5.91 Å². The Morgan fingerprint density at radius 2 is 1.90 bits per heavy atom. The summed E-state index contributed by atoms with van der Waals surface area (Å²) in [5, 5.41) is 2.87. The summed E-state index contributed by atoms with van der Waals surface area (Å²) >= 11 is 0. The van der Waals surface area contributed by atoms with Crippen molar-refractivity contribution in [1.29, 1.82) is 0 Å². The Morgan fingerprint density at radius 3 is 2.57 bits per heavy atom. The van der Waals surface area contributed by atoms with Crippen LogP contribution in [0.15, 0.2) is 47.4 Å². The zero-order chi connectivity index (χ0) is 15.4. The van der Waals surface area contributed by atoms with Crippen molar-refractivity contribution in [3.8, 4) is 0 Å². The maximum absolute atomic E-state index is 12.0. The highest BCUT2D eigenvalue weighted by molar-refractivity contribution is 5.76. The number of amides is 1. The molecule has 0 aliphatic carbocycles. The average Bonchev–Trinajstić information content (AvgIpc) is 2.43. The summed E-state index contributed by atoms with van der Waals surface area (Å²) in [7, 11) is 0. The van der Waals surface area contributed by atoms with Gasteiger partial charge in [0, 0.05) is 18.0 Å². The molecule has 21 heavy (non-hydrogen) atoms. The highest BCUT2D eigenvalue weighted by Crippen LogP contribution is 2.12. The van der Waals surface area contributed by atoms with Crippen LogP contribution >= 0.6 is 0 Å². The second-order valence-electron chi connectivity index (χ2n) is 5.13.